The number of ether oxygens (including phenoxy) is 2. The van der Waals surface area contributed by atoms with E-state index in [4.69, 9.17) is 15.2 Å². The van der Waals surface area contributed by atoms with Gasteiger partial charge in [-0.1, -0.05) is 30.3 Å². The van der Waals surface area contributed by atoms with Crippen molar-refractivity contribution in [1.29, 1.82) is 0 Å². The average molecular weight is 468 g/mol. The van der Waals surface area contributed by atoms with Gasteiger partial charge in [0.2, 0.25) is 5.88 Å². The van der Waals surface area contributed by atoms with E-state index in [1.165, 1.54) is 15.7 Å². The Morgan fingerprint density at radius 1 is 1.18 bits per heavy atom. The minimum absolute atomic E-state index is 0.0661. The molecular formula is C24H29N5O5. The molecule has 0 saturated heterocycles. The van der Waals surface area contributed by atoms with Gasteiger partial charge >= 0.3 is 5.69 Å². The standard InChI is InChI=1S/C24H29N5O5/c1-16(2)34-19-11-10-18(14-26-19)23(31)28(12-7-13-33-3)20-21(25)29(24(32)27-22(20)30)15-17-8-5-4-6-9-17/h4-6,8-11,14,16H,7,12-13,15,25H2,1-3H3,(H,27,30,32). The van der Waals surface area contributed by atoms with Crippen LogP contribution in [0.2, 0.25) is 0 Å². The number of nitrogens with two attached hydrogens (primary N) is 1. The monoisotopic (exact) mass is 467 g/mol. The first-order chi connectivity index (χ1) is 16.3. The number of anilines is 2. The molecule has 0 saturated carbocycles. The lowest BCUT2D eigenvalue weighted by molar-refractivity contribution is 0.0982. The summed E-state index contributed by atoms with van der Waals surface area (Å²) in [6.07, 6.45) is 1.76. The molecule has 0 bridgehead atoms. The molecule has 3 aromatic rings. The molecule has 34 heavy (non-hydrogen) atoms. The molecule has 0 radical (unpaired) electrons. The molecule has 0 aliphatic rings. The van der Waals surface area contributed by atoms with Gasteiger partial charge in [-0.2, -0.15) is 0 Å². The van der Waals surface area contributed by atoms with E-state index in [1.54, 1.807) is 19.2 Å². The van der Waals surface area contributed by atoms with Gasteiger partial charge in [0, 0.05) is 32.5 Å². The maximum Gasteiger partial charge on any atom is 0.330 e. The smallest absolute Gasteiger partial charge is 0.330 e. The van der Waals surface area contributed by atoms with Crippen molar-refractivity contribution in [2.24, 2.45) is 0 Å². The van der Waals surface area contributed by atoms with E-state index in [2.05, 4.69) is 9.97 Å². The van der Waals surface area contributed by atoms with Crippen molar-refractivity contribution in [2.45, 2.75) is 32.9 Å². The van der Waals surface area contributed by atoms with Crippen LogP contribution < -0.4 is 26.6 Å². The van der Waals surface area contributed by atoms with Gasteiger partial charge < -0.3 is 20.1 Å². The summed E-state index contributed by atoms with van der Waals surface area (Å²) in [5.74, 6) is -0.204. The second-order valence-electron chi connectivity index (χ2n) is 7.92. The fourth-order valence-corrected chi connectivity index (χ4v) is 3.42. The van der Waals surface area contributed by atoms with Crippen molar-refractivity contribution in [2.75, 3.05) is 30.9 Å². The van der Waals surface area contributed by atoms with Gasteiger partial charge in [0.25, 0.3) is 11.5 Å². The fraction of sp³-hybridized carbons (Fsp3) is 0.333. The molecule has 0 aliphatic carbocycles. The largest absolute Gasteiger partial charge is 0.475 e. The van der Waals surface area contributed by atoms with Gasteiger partial charge in [0.05, 0.1) is 18.2 Å². The lowest BCUT2D eigenvalue weighted by Crippen LogP contribution is -2.42. The summed E-state index contributed by atoms with van der Waals surface area (Å²) < 4.78 is 11.9. The Balaban J connectivity index is 2.02. The summed E-state index contributed by atoms with van der Waals surface area (Å²) in [5.41, 5.74) is 5.88. The Kier molecular flexibility index (Phi) is 8.20. The molecule has 0 fully saturated rings. The minimum atomic E-state index is -0.745. The summed E-state index contributed by atoms with van der Waals surface area (Å²) in [4.78, 5) is 46.6. The van der Waals surface area contributed by atoms with Crippen molar-refractivity contribution in [3.8, 4) is 5.88 Å². The van der Waals surface area contributed by atoms with Crippen LogP contribution in [0.25, 0.3) is 0 Å². The van der Waals surface area contributed by atoms with E-state index in [-0.39, 0.29) is 36.3 Å². The number of nitrogen functional groups attached to an aromatic ring is 1. The SMILES string of the molecule is COCCCN(C(=O)c1ccc(OC(C)C)nc1)c1c(N)n(Cc2ccccc2)c(=O)[nH]c1=O. The van der Waals surface area contributed by atoms with Gasteiger partial charge in [0.15, 0.2) is 5.69 Å². The number of carbonyl (C=O) groups is 1. The predicted molar refractivity (Wildman–Crippen MR) is 129 cm³/mol. The highest BCUT2D eigenvalue weighted by Crippen LogP contribution is 2.21. The van der Waals surface area contributed by atoms with Crippen molar-refractivity contribution < 1.29 is 14.3 Å². The summed E-state index contributed by atoms with van der Waals surface area (Å²) in [7, 11) is 1.55. The first-order valence-electron chi connectivity index (χ1n) is 10.9. The molecule has 0 spiro atoms. The Hall–Kier alpha value is -3.92. The van der Waals surface area contributed by atoms with Crippen LogP contribution >= 0.6 is 0 Å². The first-order valence-corrected chi connectivity index (χ1v) is 10.9. The second kappa shape index (κ2) is 11.3. The highest BCUT2D eigenvalue weighted by atomic mass is 16.5. The highest BCUT2D eigenvalue weighted by Gasteiger charge is 2.25. The summed E-state index contributed by atoms with van der Waals surface area (Å²) in [6.45, 7) is 4.39. The Labute approximate surface area is 197 Å². The minimum Gasteiger partial charge on any atom is -0.475 e. The van der Waals surface area contributed by atoms with E-state index in [1.807, 2.05) is 44.2 Å². The number of carbonyl (C=O) groups excluding carboxylic acids is 1. The first kappa shape index (κ1) is 24.7. The van der Waals surface area contributed by atoms with Crippen molar-refractivity contribution >= 4 is 17.4 Å². The number of rotatable bonds is 10. The van der Waals surface area contributed by atoms with Gasteiger partial charge in [0.1, 0.15) is 5.82 Å². The maximum absolute atomic E-state index is 13.4. The molecule has 180 valence electrons. The van der Waals surface area contributed by atoms with Crippen LogP contribution in [0.4, 0.5) is 11.5 Å². The van der Waals surface area contributed by atoms with E-state index in [0.717, 1.165) is 5.56 Å². The van der Waals surface area contributed by atoms with E-state index >= 15 is 0 Å². The molecule has 1 amide bonds. The highest BCUT2D eigenvalue weighted by molar-refractivity contribution is 6.07. The molecule has 1 aromatic carbocycles. The number of aromatic nitrogens is 3. The molecule has 2 heterocycles. The zero-order valence-corrected chi connectivity index (χ0v) is 19.5. The molecule has 3 rings (SSSR count). The van der Waals surface area contributed by atoms with Crippen LogP contribution in [-0.4, -0.2) is 46.8 Å². The maximum atomic E-state index is 13.4. The van der Waals surface area contributed by atoms with Crippen LogP contribution in [0.3, 0.4) is 0 Å². The van der Waals surface area contributed by atoms with Crippen molar-refractivity contribution in [3.63, 3.8) is 0 Å². The molecule has 0 atom stereocenters. The number of methoxy groups -OCH3 is 1. The van der Waals surface area contributed by atoms with E-state index in [0.29, 0.717) is 18.9 Å². The predicted octanol–water partition coefficient (Wildman–Crippen LogP) is 2.03. The van der Waals surface area contributed by atoms with Crippen LogP contribution in [0.1, 0.15) is 36.2 Å². The summed E-state index contributed by atoms with van der Waals surface area (Å²) in [6, 6.07) is 12.4. The summed E-state index contributed by atoms with van der Waals surface area (Å²) in [5, 5.41) is 0. The van der Waals surface area contributed by atoms with Gasteiger partial charge in [-0.05, 0) is 31.9 Å². The number of amides is 1. The van der Waals surface area contributed by atoms with Gasteiger partial charge in [-0.15, -0.1) is 0 Å². The number of nitrogens with zero attached hydrogens (tertiary/aromatic N) is 3. The number of aromatic amines is 1. The lowest BCUT2D eigenvalue weighted by Gasteiger charge is -2.24. The summed E-state index contributed by atoms with van der Waals surface area (Å²) >= 11 is 0. The van der Waals surface area contributed by atoms with Crippen LogP contribution in [-0.2, 0) is 11.3 Å². The Bertz CT molecular complexity index is 1220. The zero-order chi connectivity index (χ0) is 24.7. The third kappa shape index (κ3) is 5.90. The van der Waals surface area contributed by atoms with Crippen molar-refractivity contribution in [3.05, 3.63) is 80.6 Å². The Morgan fingerprint density at radius 2 is 1.91 bits per heavy atom. The van der Waals surface area contributed by atoms with Gasteiger partial charge in [-0.3, -0.25) is 19.1 Å². The molecule has 0 unspecified atom stereocenters. The third-order valence-electron chi connectivity index (χ3n) is 4.98. The lowest BCUT2D eigenvalue weighted by atomic mass is 10.2. The van der Waals surface area contributed by atoms with E-state index in [9.17, 15) is 14.4 Å². The third-order valence-corrected chi connectivity index (χ3v) is 4.98. The Morgan fingerprint density at radius 3 is 2.53 bits per heavy atom. The fourth-order valence-electron chi connectivity index (χ4n) is 3.42. The van der Waals surface area contributed by atoms with Crippen molar-refractivity contribution in [1.82, 2.24) is 14.5 Å². The average Bonchev–Trinajstić information content (AvgIpc) is 2.81. The molecule has 10 heteroatoms. The number of hydrogen-bond donors (Lipinski definition) is 2. The van der Waals surface area contributed by atoms with Crippen LogP contribution in [0.15, 0.2) is 58.3 Å². The molecule has 2 aromatic heterocycles. The second-order valence-corrected chi connectivity index (χ2v) is 7.92. The van der Waals surface area contributed by atoms with E-state index < -0.39 is 17.2 Å². The molecule has 3 N–H and O–H groups in total. The topological polar surface area (TPSA) is 133 Å². The number of hydrogen-bond acceptors (Lipinski definition) is 7. The number of benzene rings is 1. The number of nitrogens with one attached hydrogen (secondary N) is 1. The van der Waals surface area contributed by atoms with Crippen LogP contribution in [0.5, 0.6) is 5.88 Å². The van der Waals surface area contributed by atoms with Gasteiger partial charge in [-0.25, -0.2) is 9.78 Å². The normalized spacial score (nSPS) is 10.9. The zero-order valence-electron chi connectivity index (χ0n) is 19.5. The molecular weight excluding hydrogens is 438 g/mol. The van der Waals surface area contributed by atoms with Crippen LogP contribution in [0, 0.1) is 0 Å². The molecule has 10 nitrogen and oxygen atoms in total. The quantitative estimate of drug-likeness (QED) is 0.436. The number of pyridine rings is 1. The number of H-pyrrole nitrogens is 1. The molecule has 0 aliphatic heterocycles.